The summed E-state index contributed by atoms with van der Waals surface area (Å²) in [6.45, 7) is 10.2. The number of nitrogens with zero attached hydrogens (tertiary/aromatic N) is 2. The van der Waals surface area contributed by atoms with Crippen LogP contribution in [0.5, 0.6) is 0 Å². The van der Waals surface area contributed by atoms with Crippen LogP contribution in [0.2, 0.25) is 0 Å². The number of aromatic nitrogens is 2. The second-order valence-electron chi connectivity index (χ2n) is 5.68. The van der Waals surface area contributed by atoms with E-state index in [1.807, 2.05) is 19.9 Å². The van der Waals surface area contributed by atoms with E-state index in [0.717, 1.165) is 12.8 Å². The SMILES string of the molecule is CCC(CC)C(=O)Nc1ccc(NC(C)(C)C)nn1. The molecule has 0 unspecified atom stereocenters. The number of rotatable bonds is 5. The van der Waals surface area contributed by atoms with Crippen molar-refractivity contribution in [3.63, 3.8) is 0 Å². The van der Waals surface area contributed by atoms with Gasteiger partial charge in [-0.25, -0.2) is 0 Å². The van der Waals surface area contributed by atoms with Gasteiger partial charge in [0.05, 0.1) is 0 Å². The van der Waals surface area contributed by atoms with Gasteiger partial charge in [-0.1, -0.05) is 13.8 Å². The molecule has 1 aromatic rings. The number of hydrogen-bond donors (Lipinski definition) is 2. The van der Waals surface area contributed by atoms with E-state index in [1.54, 1.807) is 6.07 Å². The second-order valence-corrected chi connectivity index (χ2v) is 5.68. The highest BCUT2D eigenvalue weighted by Gasteiger charge is 2.15. The Balaban J connectivity index is 2.64. The third kappa shape index (κ3) is 5.24. The molecule has 0 aromatic carbocycles. The predicted molar refractivity (Wildman–Crippen MR) is 78.1 cm³/mol. The maximum atomic E-state index is 11.9. The minimum absolute atomic E-state index is 0.0100. The van der Waals surface area contributed by atoms with Crippen LogP contribution >= 0.6 is 0 Å². The van der Waals surface area contributed by atoms with Crippen LogP contribution in [0.15, 0.2) is 12.1 Å². The minimum Gasteiger partial charge on any atom is -0.364 e. The van der Waals surface area contributed by atoms with Crippen LogP contribution in [0, 0.1) is 5.92 Å². The van der Waals surface area contributed by atoms with Crippen LogP contribution in [0.3, 0.4) is 0 Å². The maximum Gasteiger partial charge on any atom is 0.228 e. The van der Waals surface area contributed by atoms with Gasteiger partial charge in [0, 0.05) is 11.5 Å². The summed E-state index contributed by atoms with van der Waals surface area (Å²) in [7, 11) is 0. The first-order chi connectivity index (χ1) is 8.85. The first-order valence-electron chi connectivity index (χ1n) is 6.78. The molecule has 0 saturated heterocycles. The fraction of sp³-hybridized carbons (Fsp3) is 0.643. The minimum atomic E-state index is -0.0606. The van der Waals surface area contributed by atoms with Crippen LogP contribution < -0.4 is 10.6 Å². The van der Waals surface area contributed by atoms with E-state index in [4.69, 9.17) is 0 Å². The Morgan fingerprint density at radius 3 is 2.11 bits per heavy atom. The number of carbonyl (C=O) groups is 1. The topological polar surface area (TPSA) is 66.9 Å². The van der Waals surface area contributed by atoms with Crippen molar-refractivity contribution in [2.75, 3.05) is 10.6 Å². The number of anilines is 2. The molecule has 1 heterocycles. The Labute approximate surface area is 115 Å². The molecule has 0 aliphatic rings. The normalized spacial score (nSPS) is 11.5. The van der Waals surface area contributed by atoms with Crippen molar-refractivity contribution in [1.82, 2.24) is 10.2 Å². The first kappa shape index (κ1) is 15.4. The molecule has 2 N–H and O–H groups in total. The molecule has 5 nitrogen and oxygen atoms in total. The molecule has 1 amide bonds. The Kier molecular flexibility index (Phi) is 5.27. The quantitative estimate of drug-likeness (QED) is 0.857. The van der Waals surface area contributed by atoms with E-state index in [-0.39, 0.29) is 17.4 Å². The standard InChI is InChI=1S/C14H24N4O/c1-6-10(7-2)13(19)15-11-8-9-12(18-17-11)16-14(3,4)5/h8-10H,6-7H2,1-5H3,(H,16,18)(H,15,17,19). The van der Waals surface area contributed by atoms with Crippen LogP contribution in [0.25, 0.3) is 0 Å². The van der Waals surface area contributed by atoms with E-state index >= 15 is 0 Å². The van der Waals surface area contributed by atoms with Crippen LogP contribution in [0.4, 0.5) is 11.6 Å². The monoisotopic (exact) mass is 264 g/mol. The highest BCUT2D eigenvalue weighted by molar-refractivity contribution is 5.91. The summed E-state index contributed by atoms with van der Waals surface area (Å²) >= 11 is 0. The van der Waals surface area contributed by atoms with Gasteiger partial charge in [0.2, 0.25) is 5.91 Å². The molecule has 0 aliphatic heterocycles. The van der Waals surface area contributed by atoms with Crippen molar-refractivity contribution >= 4 is 17.5 Å². The Morgan fingerprint density at radius 1 is 1.16 bits per heavy atom. The lowest BCUT2D eigenvalue weighted by atomic mass is 10.0. The lowest BCUT2D eigenvalue weighted by molar-refractivity contribution is -0.120. The van der Waals surface area contributed by atoms with E-state index in [2.05, 4.69) is 41.6 Å². The van der Waals surface area contributed by atoms with Crippen molar-refractivity contribution in [2.45, 2.75) is 53.0 Å². The molecule has 5 heteroatoms. The summed E-state index contributed by atoms with van der Waals surface area (Å²) in [5, 5.41) is 14.1. The van der Waals surface area contributed by atoms with Gasteiger partial charge in [-0.2, -0.15) is 0 Å². The highest BCUT2D eigenvalue weighted by Crippen LogP contribution is 2.14. The van der Waals surface area contributed by atoms with Crippen molar-refractivity contribution in [3.05, 3.63) is 12.1 Å². The summed E-state index contributed by atoms with van der Waals surface area (Å²) in [6, 6.07) is 3.59. The van der Waals surface area contributed by atoms with Crippen molar-refractivity contribution < 1.29 is 4.79 Å². The van der Waals surface area contributed by atoms with Gasteiger partial charge in [0.1, 0.15) is 5.82 Å². The van der Waals surface area contributed by atoms with Gasteiger partial charge in [-0.3, -0.25) is 4.79 Å². The van der Waals surface area contributed by atoms with E-state index in [1.165, 1.54) is 0 Å². The molecule has 19 heavy (non-hydrogen) atoms. The number of nitrogens with one attached hydrogen (secondary N) is 2. The highest BCUT2D eigenvalue weighted by atomic mass is 16.1. The van der Waals surface area contributed by atoms with Gasteiger partial charge >= 0.3 is 0 Å². The molecule has 0 saturated carbocycles. The lowest BCUT2D eigenvalue weighted by Crippen LogP contribution is -2.27. The summed E-state index contributed by atoms with van der Waals surface area (Å²) in [4.78, 5) is 11.9. The first-order valence-corrected chi connectivity index (χ1v) is 6.78. The molecule has 0 spiro atoms. The average Bonchev–Trinajstić information content (AvgIpc) is 2.31. The largest absolute Gasteiger partial charge is 0.364 e. The lowest BCUT2D eigenvalue weighted by Gasteiger charge is -2.20. The van der Waals surface area contributed by atoms with E-state index < -0.39 is 0 Å². The third-order valence-corrected chi connectivity index (χ3v) is 2.78. The fourth-order valence-corrected chi connectivity index (χ4v) is 1.74. The zero-order chi connectivity index (χ0) is 14.5. The van der Waals surface area contributed by atoms with Crippen molar-refractivity contribution in [1.29, 1.82) is 0 Å². The molecule has 1 aromatic heterocycles. The molecule has 1 rings (SSSR count). The molecule has 0 fully saturated rings. The Bertz CT molecular complexity index is 404. The third-order valence-electron chi connectivity index (χ3n) is 2.78. The predicted octanol–water partition coefficient (Wildman–Crippen LogP) is 3.06. The zero-order valence-corrected chi connectivity index (χ0v) is 12.4. The number of amides is 1. The zero-order valence-electron chi connectivity index (χ0n) is 12.4. The van der Waals surface area contributed by atoms with Crippen molar-refractivity contribution in [3.8, 4) is 0 Å². The molecule has 0 aliphatic carbocycles. The number of hydrogen-bond acceptors (Lipinski definition) is 4. The summed E-state index contributed by atoms with van der Waals surface area (Å²) < 4.78 is 0. The Hall–Kier alpha value is -1.65. The van der Waals surface area contributed by atoms with Gasteiger partial charge in [0.25, 0.3) is 0 Å². The van der Waals surface area contributed by atoms with E-state index in [9.17, 15) is 4.79 Å². The Morgan fingerprint density at radius 2 is 1.68 bits per heavy atom. The average molecular weight is 264 g/mol. The van der Waals surface area contributed by atoms with Crippen LogP contribution in [0.1, 0.15) is 47.5 Å². The maximum absolute atomic E-state index is 11.9. The van der Waals surface area contributed by atoms with Gasteiger partial charge in [-0.15, -0.1) is 10.2 Å². The van der Waals surface area contributed by atoms with Gasteiger partial charge in [0.15, 0.2) is 5.82 Å². The summed E-state index contributed by atoms with van der Waals surface area (Å²) in [5.41, 5.74) is -0.0606. The molecule has 0 bridgehead atoms. The molecule has 106 valence electrons. The van der Waals surface area contributed by atoms with Crippen molar-refractivity contribution in [2.24, 2.45) is 5.92 Å². The summed E-state index contributed by atoms with van der Waals surface area (Å²) in [5.74, 6) is 1.24. The molecular formula is C14H24N4O. The summed E-state index contributed by atoms with van der Waals surface area (Å²) in [6.07, 6.45) is 1.67. The van der Waals surface area contributed by atoms with Crippen LogP contribution in [-0.4, -0.2) is 21.6 Å². The van der Waals surface area contributed by atoms with Crippen LogP contribution in [-0.2, 0) is 4.79 Å². The van der Waals surface area contributed by atoms with Gasteiger partial charge in [-0.05, 0) is 45.7 Å². The molecule has 0 radical (unpaired) electrons. The van der Waals surface area contributed by atoms with E-state index in [0.29, 0.717) is 11.6 Å². The molecule has 0 atom stereocenters. The van der Waals surface area contributed by atoms with Gasteiger partial charge < -0.3 is 10.6 Å². The molecular weight excluding hydrogens is 240 g/mol. The smallest absolute Gasteiger partial charge is 0.228 e. The number of carbonyl (C=O) groups excluding carboxylic acids is 1. The second kappa shape index (κ2) is 6.50. The fourth-order valence-electron chi connectivity index (χ4n) is 1.74.